The zero-order chi connectivity index (χ0) is 20.4. The van der Waals surface area contributed by atoms with Crippen molar-refractivity contribution < 1.29 is 14.3 Å². The molecule has 0 saturated carbocycles. The summed E-state index contributed by atoms with van der Waals surface area (Å²) in [5.41, 5.74) is 3.06. The highest BCUT2D eigenvalue weighted by Gasteiger charge is 2.22. The lowest BCUT2D eigenvalue weighted by molar-refractivity contribution is -0.129. The van der Waals surface area contributed by atoms with E-state index < -0.39 is 0 Å². The first-order chi connectivity index (χ1) is 14.1. The predicted octanol–water partition coefficient (Wildman–Crippen LogP) is 4.04. The van der Waals surface area contributed by atoms with Crippen LogP contribution in [0.25, 0.3) is 22.3 Å². The third-order valence-electron chi connectivity index (χ3n) is 5.67. The number of hydrogen-bond acceptors (Lipinski definition) is 5. The lowest BCUT2D eigenvalue weighted by Crippen LogP contribution is -2.36. The average molecular weight is 391 g/mol. The largest absolute Gasteiger partial charge is 0.497 e. The number of piperidine rings is 1. The van der Waals surface area contributed by atoms with Gasteiger partial charge in [0.1, 0.15) is 11.5 Å². The molecule has 3 aromatic rings. The first-order valence-electron chi connectivity index (χ1n) is 9.83. The number of carbonyl (C=O) groups excluding carboxylic acids is 1. The molecule has 1 fully saturated rings. The van der Waals surface area contributed by atoms with Crippen LogP contribution in [0.2, 0.25) is 0 Å². The minimum absolute atomic E-state index is 0.167. The minimum Gasteiger partial charge on any atom is -0.497 e. The molecule has 1 saturated heterocycles. The van der Waals surface area contributed by atoms with Gasteiger partial charge in [0.15, 0.2) is 5.82 Å². The molecule has 0 spiro atoms. The summed E-state index contributed by atoms with van der Waals surface area (Å²) in [6.45, 7) is 3.31. The van der Waals surface area contributed by atoms with Crippen molar-refractivity contribution in [1.29, 1.82) is 0 Å². The maximum Gasteiger partial charge on any atom is 0.219 e. The van der Waals surface area contributed by atoms with Crippen molar-refractivity contribution in [2.45, 2.75) is 25.7 Å². The third kappa shape index (κ3) is 3.88. The summed E-state index contributed by atoms with van der Waals surface area (Å²) in [6.07, 6.45) is 3.80. The van der Waals surface area contributed by atoms with Crippen LogP contribution in [-0.4, -0.2) is 48.1 Å². The number of amides is 1. The second-order valence-corrected chi connectivity index (χ2v) is 7.36. The maximum atomic E-state index is 11.5. The lowest BCUT2D eigenvalue weighted by Gasteiger charge is -2.31. The Bertz CT molecular complexity index is 1030. The van der Waals surface area contributed by atoms with E-state index in [-0.39, 0.29) is 5.91 Å². The highest BCUT2D eigenvalue weighted by atomic mass is 16.5. The van der Waals surface area contributed by atoms with E-state index in [0.29, 0.717) is 23.2 Å². The molecular weight excluding hydrogens is 366 g/mol. The molecule has 2 aromatic carbocycles. The van der Waals surface area contributed by atoms with Gasteiger partial charge in [-0.25, -0.2) is 9.97 Å². The van der Waals surface area contributed by atoms with Crippen LogP contribution in [0.4, 0.5) is 0 Å². The molecule has 29 heavy (non-hydrogen) atoms. The number of rotatable bonds is 4. The Balaban J connectivity index is 1.57. The first-order valence-corrected chi connectivity index (χ1v) is 9.83. The highest BCUT2D eigenvalue weighted by Crippen LogP contribution is 2.32. The van der Waals surface area contributed by atoms with Crippen LogP contribution in [0.3, 0.4) is 0 Å². The van der Waals surface area contributed by atoms with E-state index in [0.717, 1.165) is 42.4 Å². The smallest absolute Gasteiger partial charge is 0.219 e. The zero-order valence-electron chi connectivity index (χ0n) is 17.0. The van der Waals surface area contributed by atoms with Gasteiger partial charge >= 0.3 is 0 Å². The van der Waals surface area contributed by atoms with Crippen molar-refractivity contribution in [3.8, 4) is 22.9 Å². The van der Waals surface area contributed by atoms with Gasteiger partial charge in [0.25, 0.3) is 0 Å². The van der Waals surface area contributed by atoms with Crippen molar-refractivity contribution in [2.75, 3.05) is 27.3 Å². The van der Waals surface area contributed by atoms with Crippen LogP contribution >= 0.6 is 0 Å². The number of hydrogen-bond donors (Lipinski definition) is 0. The molecule has 1 amide bonds. The number of likely N-dealkylation sites (tertiary alicyclic amines) is 1. The fourth-order valence-corrected chi connectivity index (χ4v) is 3.94. The zero-order valence-corrected chi connectivity index (χ0v) is 17.0. The molecule has 4 rings (SSSR count). The van der Waals surface area contributed by atoms with Crippen LogP contribution in [0, 0.1) is 0 Å². The molecule has 0 atom stereocenters. The van der Waals surface area contributed by atoms with Gasteiger partial charge in [-0.2, -0.15) is 0 Å². The van der Waals surface area contributed by atoms with Gasteiger partial charge in [-0.3, -0.25) is 4.79 Å². The summed E-state index contributed by atoms with van der Waals surface area (Å²) in [5, 5.41) is 0.853. The number of aromatic nitrogens is 2. The van der Waals surface area contributed by atoms with Crippen molar-refractivity contribution in [3.05, 3.63) is 48.2 Å². The monoisotopic (exact) mass is 391 g/mol. The van der Waals surface area contributed by atoms with Gasteiger partial charge < -0.3 is 14.4 Å². The normalized spacial score (nSPS) is 14.8. The Labute approximate surface area is 170 Å². The van der Waals surface area contributed by atoms with E-state index in [2.05, 4.69) is 29.2 Å². The highest BCUT2D eigenvalue weighted by molar-refractivity contribution is 5.87. The number of nitrogens with zero attached hydrogens (tertiary/aromatic N) is 3. The number of ether oxygens (including phenoxy) is 2. The number of methoxy groups -OCH3 is 2. The second kappa shape index (κ2) is 8.07. The van der Waals surface area contributed by atoms with E-state index >= 15 is 0 Å². The molecule has 1 aliphatic heterocycles. The SMILES string of the molecule is COc1cc(OC)c2cnc(-c3ccc(C4CCN(C(C)=O)CC4)cc3)nc2c1. The molecule has 1 aliphatic rings. The lowest BCUT2D eigenvalue weighted by atomic mass is 9.89. The Morgan fingerprint density at radius 1 is 1.07 bits per heavy atom. The van der Waals surface area contributed by atoms with Crippen LogP contribution in [0.1, 0.15) is 31.2 Å². The molecule has 0 N–H and O–H groups in total. The molecule has 0 unspecified atom stereocenters. The molecule has 0 aliphatic carbocycles. The Hall–Kier alpha value is -3.15. The van der Waals surface area contributed by atoms with Crippen molar-refractivity contribution in [1.82, 2.24) is 14.9 Å². The molecular formula is C23H25N3O3. The van der Waals surface area contributed by atoms with Crippen molar-refractivity contribution >= 4 is 16.8 Å². The van der Waals surface area contributed by atoms with Crippen LogP contribution < -0.4 is 9.47 Å². The van der Waals surface area contributed by atoms with E-state index in [9.17, 15) is 4.79 Å². The van der Waals surface area contributed by atoms with Crippen molar-refractivity contribution in [3.63, 3.8) is 0 Å². The molecule has 6 heteroatoms. The number of benzene rings is 2. The summed E-state index contributed by atoms with van der Waals surface area (Å²) in [4.78, 5) is 22.7. The van der Waals surface area contributed by atoms with E-state index in [4.69, 9.17) is 14.5 Å². The van der Waals surface area contributed by atoms with Gasteiger partial charge in [0.05, 0.1) is 25.1 Å². The quantitative estimate of drug-likeness (QED) is 0.672. The average Bonchev–Trinajstić information content (AvgIpc) is 2.78. The van der Waals surface area contributed by atoms with Crippen LogP contribution in [-0.2, 0) is 4.79 Å². The predicted molar refractivity (Wildman–Crippen MR) is 112 cm³/mol. The van der Waals surface area contributed by atoms with Crippen LogP contribution in [0.15, 0.2) is 42.6 Å². The van der Waals surface area contributed by atoms with Gasteiger partial charge in [0, 0.05) is 43.9 Å². The number of fused-ring (bicyclic) bond motifs is 1. The minimum atomic E-state index is 0.167. The molecule has 6 nitrogen and oxygen atoms in total. The molecule has 1 aromatic heterocycles. The summed E-state index contributed by atoms with van der Waals surface area (Å²) >= 11 is 0. The first kappa shape index (κ1) is 19.2. The van der Waals surface area contributed by atoms with E-state index in [1.807, 2.05) is 17.0 Å². The number of carbonyl (C=O) groups is 1. The van der Waals surface area contributed by atoms with Crippen molar-refractivity contribution in [2.24, 2.45) is 0 Å². The molecule has 2 heterocycles. The van der Waals surface area contributed by atoms with Gasteiger partial charge in [0.2, 0.25) is 5.91 Å². The summed E-state index contributed by atoms with van der Waals surface area (Å²) in [7, 11) is 3.25. The van der Waals surface area contributed by atoms with Gasteiger partial charge in [-0.1, -0.05) is 24.3 Å². The van der Waals surface area contributed by atoms with Gasteiger partial charge in [-0.15, -0.1) is 0 Å². The molecule has 0 radical (unpaired) electrons. The third-order valence-corrected chi connectivity index (χ3v) is 5.67. The topological polar surface area (TPSA) is 64.6 Å². The Morgan fingerprint density at radius 2 is 1.79 bits per heavy atom. The summed E-state index contributed by atoms with van der Waals surface area (Å²) in [6, 6.07) is 12.2. The van der Waals surface area contributed by atoms with Gasteiger partial charge in [-0.05, 0) is 24.3 Å². The Kier molecular flexibility index (Phi) is 5.34. The fourth-order valence-electron chi connectivity index (χ4n) is 3.94. The molecule has 150 valence electrons. The summed E-state index contributed by atoms with van der Waals surface area (Å²) < 4.78 is 10.8. The van der Waals surface area contributed by atoms with E-state index in [1.54, 1.807) is 27.3 Å². The second-order valence-electron chi connectivity index (χ2n) is 7.36. The fraction of sp³-hybridized carbons (Fsp3) is 0.348. The van der Waals surface area contributed by atoms with Crippen LogP contribution in [0.5, 0.6) is 11.5 Å². The molecule has 0 bridgehead atoms. The summed E-state index contributed by atoms with van der Waals surface area (Å²) in [5.74, 6) is 2.72. The standard InChI is InChI=1S/C23H25N3O3/c1-15(27)26-10-8-17(9-11-26)16-4-6-18(7-5-16)23-24-14-20-21(25-23)12-19(28-2)13-22(20)29-3/h4-7,12-14,17H,8-11H2,1-3H3. The van der Waals surface area contributed by atoms with E-state index in [1.165, 1.54) is 5.56 Å². The maximum absolute atomic E-state index is 11.5. The Morgan fingerprint density at radius 3 is 2.41 bits per heavy atom.